The number of rotatable bonds is 5. The van der Waals surface area contributed by atoms with Crippen molar-refractivity contribution in [2.24, 2.45) is 7.05 Å². The van der Waals surface area contributed by atoms with Gasteiger partial charge in [-0.1, -0.05) is 24.3 Å². The van der Waals surface area contributed by atoms with E-state index < -0.39 is 17.7 Å². The van der Waals surface area contributed by atoms with Gasteiger partial charge in [-0.05, 0) is 66.1 Å². The van der Waals surface area contributed by atoms with E-state index in [0.717, 1.165) is 45.5 Å². The third kappa shape index (κ3) is 3.71. The monoisotopic (exact) mass is 498 g/mol. The lowest BCUT2D eigenvalue weighted by Crippen LogP contribution is -2.31. The van der Waals surface area contributed by atoms with E-state index in [0.29, 0.717) is 25.1 Å². The molecule has 1 saturated heterocycles. The van der Waals surface area contributed by atoms with Crippen LogP contribution >= 0.6 is 11.3 Å². The molecule has 1 atom stereocenters. The van der Waals surface area contributed by atoms with Crippen molar-refractivity contribution in [2.75, 3.05) is 13.2 Å². The van der Waals surface area contributed by atoms with Crippen LogP contribution in [-0.2, 0) is 29.5 Å². The summed E-state index contributed by atoms with van der Waals surface area (Å²) in [4.78, 5) is 29.1. The Hall–Kier alpha value is -3.84. The van der Waals surface area contributed by atoms with Gasteiger partial charge in [0.05, 0.1) is 18.2 Å². The SMILES string of the molecule is Cn1cc(CCN2C(=O)C(=O)/C(=C(\O)c3ccc4c(c3)CCCO4)C2c2cccs2)c2ccccc21. The maximum Gasteiger partial charge on any atom is 0.295 e. The number of Topliss-reactive ketones (excluding diaryl/α,β-unsaturated/α-hetero) is 1. The number of hydrogen-bond donors (Lipinski definition) is 1. The summed E-state index contributed by atoms with van der Waals surface area (Å²) in [5.74, 6) is -0.537. The number of carbonyl (C=O) groups is 2. The fourth-order valence-electron chi connectivity index (χ4n) is 5.38. The molecule has 182 valence electrons. The molecule has 7 heteroatoms. The van der Waals surface area contributed by atoms with Gasteiger partial charge in [-0.25, -0.2) is 0 Å². The zero-order valence-corrected chi connectivity index (χ0v) is 20.8. The first-order valence-corrected chi connectivity index (χ1v) is 13.0. The number of likely N-dealkylation sites (tertiary alicyclic amines) is 1. The summed E-state index contributed by atoms with van der Waals surface area (Å²) in [5.41, 5.74) is 3.93. The molecule has 4 aromatic rings. The lowest BCUT2D eigenvalue weighted by molar-refractivity contribution is -0.139. The first-order chi connectivity index (χ1) is 17.5. The molecule has 0 spiro atoms. The fraction of sp³-hybridized carbons (Fsp3) is 0.241. The number of aromatic nitrogens is 1. The number of amides is 1. The fourth-order valence-corrected chi connectivity index (χ4v) is 6.23. The highest BCUT2D eigenvalue weighted by atomic mass is 32.1. The minimum atomic E-state index is -0.641. The van der Waals surface area contributed by atoms with Gasteiger partial charge in [0, 0.05) is 41.1 Å². The molecule has 0 saturated carbocycles. The highest BCUT2D eigenvalue weighted by molar-refractivity contribution is 7.10. The quantitative estimate of drug-likeness (QED) is 0.232. The van der Waals surface area contributed by atoms with Crippen molar-refractivity contribution < 1.29 is 19.4 Å². The van der Waals surface area contributed by atoms with Crippen molar-refractivity contribution in [3.63, 3.8) is 0 Å². The molecule has 2 aliphatic heterocycles. The van der Waals surface area contributed by atoms with Crippen molar-refractivity contribution in [3.8, 4) is 5.75 Å². The van der Waals surface area contributed by atoms with Crippen molar-refractivity contribution in [1.29, 1.82) is 0 Å². The van der Waals surface area contributed by atoms with Crippen LogP contribution in [-0.4, -0.2) is 39.4 Å². The van der Waals surface area contributed by atoms with Gasteiger partial charge in [-0.15, -0.1) is 11.3 Å². The van der Waals surface area contributed by atoms with Gasteiger partial charge in [-0.3, -0.25) is 9.59 Å². The summed E-state index contributed by atoms with van der Waals surface area (Å²) in [6.45, 7) is 1.05. The van der Waals surface area contributed by atoms with Crippen LogP contribution in [0.2, 0.25) is 0 Å². The number of aliphatic hydroxyl groups excluding tert-OH is 1. The Balaban J connectivity index is 1.38. The van der Waals surface area contributed by atoms with Crippen LogP contribution in [0.15, 0.2) is 71.7 Å². The molecule has 2 aliphatic rings. The molecule has 2 aromatic carbocycles. The van der Waals surface area contributed by atoms with E-state index in [1.54, 1.807) is 11.0 Å². The molecule has 6 rings (SSSR count). The van der Waals surface area contributed by atoms with Crippen molar-refractivity contribution in [3.05, 3.63) is 93.3 Å². The van der Waals surface area contributed by atoms with Gasteiger partial charge in [0.2, 0.25) is 0 Å². The Labute approximate surface area is 213 Å². The third-order valence-corrected chi connectivity index (χ3v) is 8.06. The zero-order valence-electron chi connectivity index (χ0n) is 19.9. The molecule has 0 radical (unpaired) electrons. The Morgan fingerprint density at radius 2 is 2.00 bits per heavy atom. The highest BCUT2D eigenvalue weighted by Crippen LogP contribution is 2.42. The minimum Gasteiger partial charge on any atom is -0.507 e. The number of para-hydroxylation sites is 1. The van der Waals surface area contributed by atoms with Gasteiger partial charge >= 0.3 is 0 Å². The second-order valence-corrected chi connectivity index (χ2v) is 10.3. The number of fused-ring (bicyclic) bond motifs is 2. The minimum absolute atomic E-state index is 0.132. The van der Waals surface area contributed by atoms with E-state index in [1.165, 1.54) is 11.3 Å². The predicted molar refractivity (Wildman–Crippen MR) is 140 cm³/mol. The predicted octanol–water partition coefficient (Wildman–Crippen LogP) is 5.23. The molecule has 6 nitrogen and oxygen atoms in total. The molecule has 0 bridgehead atoms. The zero-order chi connectivity index (χ0) is 24.8. The topological polar surface area (TPSA) is 71.8 Å². The Kier molecular flexibility index (Phi) is 5.64. The number of hydrogen-bond acceptors (Lipinski definition) is 5. The number of benzene rings is 2. The van der Waals surface area contributed by atoms with Crippen LogP contribution in [0.3, 0.4) is 0 Å². The van der Waals surface area contributed by atoms with Gasteiger partial charge < -0.3 is 19.3 Å². The highest BCUT2D eigenvalue weighted by Gasteiger charge is 2.46. The summed E-state index contributed by atoms with van der Waals surface area (Å²) < 4.78 is 7.78. The van der Waals surface area contributed by atoms with E-state index in [4.69, 9.17) is 4.74 Å². The molecule has 4 heterocycles. The van der Waals surface area contributed by atoms with Crippen molar-refractivity contribution in [2.45, 2.75) is 25.3 Å². The molecule has 1 N–H and O–H groups in total. The van der Waals surface area contributed by atoms with E-state index in [9.17, 15) is 14.7 Å². The van der Waals surface area contributed by atoms with E-state index in [-0.39, 0.29) is 11.3 Å². The maximum atomic E-state index is 13.3. The number of carbonyl (C=O) groups excluding carboxylic acids is 2. The van der Waals surface area contributed by atoms with E-state index in [2.05, 4.69) is 22.9 Å². The largest absolute Gasteiger partial charge is 0.507 e. The average Bonchev–Trinajstić information content (AvgIpc) is 3.61. The van der Waals surface area contributed by atoms with Gasteiger partial charge in [0.1, 0.15) is 11.5 Å². The smallest absolute Gasteiger partial charge is 0.295 e. The molecule has 0 aliphatic carbocycles. The number of thiophene rings is 1. The van der Waals surface area contributed by atoms with Crippen molar-refractivity contribution >= 4 is 39.7 Å². The third-order valence-electron chi connectivity index (χ3n) is 7.14. The number of nitrogens with zero attached hydrogens (tertiary/aromatic N) is 2. The Bertz CT molecular complexity index is 1520. The summed E-state index contributed by atoms with van der Waals surface area (Å²) in [6, 6.07) is 16.8. The first-order valence-electron chi connectivity index (χ1n) is 12.1. The van der Waals surface area contributed by atoms with E-state index >= 15 is 0 Å². The van der Waals surface area contributed by atoms with Gasteiger partial charge in [0.15, 0.2) is 0 Å². The number of aliphatic hydroxyl groups is 1. The summed E-state index contributed by atoms with van der Waals surface area (Å²) in [7, 11) is 2.01. The molecular weight excluding hydrogens is 472 g/mol. The molecule has 36 heavy (non-hydrogen) atoms. The summed E-state index contributed by atoms with van der Waals surface area (Å²) >= 11 is 1.48. The lowest BCUT2D eigenvalue weighted by atomic mass is 9.97. The first kappa shape index (κ1) is 22.6. The number of aryl methyl sites for hydroxylation is 2. The Morgan fingerprint density at radius 3 is 2.83 bits per heavy atom. The van der Waals surface area contributed by atoms with Crippen LogP contribution in [0.4, 0.5) is 0 Å². The number of ketones is 1. The maximum absolute atomic E-state index is 13.3. The summed E-state index contributed by atoms with van der Waals surface area (Å²) in [6.07, 6.45) is 4.44. The van der Waals surface area contributed by atoms with Gasteiger partial charge in [-0.2, -0.15) is 0 Å². The summed E-state index contributed by atoms with van der Waals surface area (Å²) in [5, 5.41) is 14.4. The normalized spacial score (nSPS) is 19.0. The molecule has 2 aromatic heterocycles. The van der Waals surface area contributed by atoms with Crippen LogP contribution in [0.5, 0.6) is 5.75 Å². The van der Waals surface area contributed by atoms with Gasteiger partial charge in [0.25, 0.3) is 11.7 Å². The molecule has 1 fully saturated rings. The van der Waals surface area contributed by atoms with Crippen LogP contribution in [0.1, 0.15) is 34.0 Å². The van der Waals surface area contributed by atoms with E-state index in [1.807, 2.05) is 48.8 Å². The van der Waals surface area contributed by atoms with Crippen molar-refractivity contribution in [1.82, 2.24) is 9.47 Å². The van der Waals surface area contributed by atoms with Crippen LogP contribution in [0.25, 0.3) is 16.7 Å². The molecule has 1 amide bonds. The number of ether oxygens (including phenoxy) is 1. The second kappa shape index (κ2) is 8.99. The van der Waals surface area contributed by atoms with Crippen LogP contribution < -0.4 is 4.74 Å². The molecular formula is C29H26N2O4S. The molecule has 1 unspecified atom stereocenters. The standard InChI is InChI=1S/C29H26N2O4S/c1-30-17-20(21-7-2-3-8-22(21)30)12-13-31-26(24-9-5-15-36-24)25(28(33)29(31)34)27(32)19-10-11-23-18(16-19)6-4-14-35-23/h2-3,5,7-11,15-17,26,32H,4,6,12-14H2,1H3/b27-25-. The Morgan fingerprint density at radius 1 is 1.14 bits per heavy atom. The average molecular weight is 499 g/mol. The lowest BCUT2D eigenvalue weighted by Gasteiger charge is -2.24. The second-order valence-electron chi connectivity index (χ2n) is 9.31. The van der Waals surface area contributed by atoms with Crippen LogP contribution in [0, 0.1) is 0 Å².